The zero-order chi connectivity index (χ0) is 15.9. The summed E-state index contributed by atoms with van der Waals surface area (Å²) >= 11 is 1.66. The number of fused-ring (bicyclic) bond motifs is 1. The van der Waals surface area contributed by atoms with Crippen molar-refractivity contribution in [1.29, 1.82) is 0 Å². The van der Waals surface area contributed by atoms with E-state index in [1.54, 1.807) is 11.3 Å². The summed E-state index contributed by atoms with van der Waals surface area (Å²) in [5.74, 6) is 1.60. The number of unbranched alkanes of at least 4 members (excludes halogenated alkanes) is 1. The molecule has 2 heterocycles. The van der Waals surface area contributed by atoms with E-state index < -0.39 is 0 Å². The highest BCUT2D eigenvalue weighted by atomic mass is 32.1. The molecule has 1 aromatic heterocycles. The van der Waals surface area contributed by atoms with Gasteiger partial charge in [0.1, 0.15) is 5.01 Å². The fraction of sp³-hybridized carbons (Fsp3) is 0.471. The Bertz CT molecular complexity index is 630. The van der Waals surface area contributed by atoms with Gasteiger partial charge in [0.05, 0.1) is 5.69 Å². The van der Waals surface area contributed by atoms with E-state index in [9.17, 15) is 0 Å². The first-order chi connectivity index (χ1) is 11.4. The van der Waals surface area contributed by atoms with Gasteiger partial charge in [-0.1, -0.05) is 0 Å². The van der Waals surface area contributed by atoms with Crippen LogP contribution in [0.4, 0.5) is 0 Å². The minimum Gasteiger partial charge on any atom is -0.454 e. The lowest BCUT2D eigenvalue weighted by molar-refractivity contribution is 0.143. The Hall–Kier alpha value is -1.63. The van der Waals surface area contributed by atoms with Gasteiger partial charge in [-0.25, -0.2) is 4.98 Å². The molecule has 2 aromatic rings. The Kier molecular flexibility index (Phi) is 5.85. The lowest BCUT2D eigenvalue weighted by atomic mass is 10.2. The largest absolute Gasteiger partial charge is 0.454 e. The number of benzene rings is 1. The van der Waals surface area contributed by atoms with E-state index in [-0.39, 0.29) is 0 Å². The first kappa shape index (κ1) is 16.2. The van der Waals surface area contributed by atoms with E-state index in [1.807, 2.05) is 25.1 Å². The number of hydrogen-bond donors (Lipinski definition) is 1. The number of aromatic nitrogens is 1. The topological polar surface area (TPSA) is 52.6 Å². The molecule has 0 saturated heterocycles. The van der Waals surface area contributed by atoms with Crippen LogP contribution in [0, 0.1) is 0 Å². The zero-order valence-corrected chi connectivity index (χ0v) is 14.2. The first-order valence-corrected chi connectivity index (χ1v) is 8.87. The number of nitrogens with one attached hydrogen (secondary N) is 1. The third-order valence-electron chi connectivity index (χ3n) is 3.57. The Labute approximate surface area is 140 Å². The molecule has 124 valence electrons. The van der Waals surface area contributed by atoms with Gasteiger partial charge in [-0.15, -0.1) is 11.3 Å². The summed E-state index contributed by atoms with van der Waals surface area (Å²) in [4.78, 5) is 4.69. The fourth-order valence-corrected chi connectivity index (χ4v) is 3.18. The van der Waals surface area contributed by atoms with Gasteiger partial charge in [-0.05, 0) is 44.5 Å². The molecule has 0 fully saturated rings. The highest BCUT2D eigenvalue weighted by Gasteiger charge is 2.15. The highest BCUT2D eigenvalue weighted by molar-refractivity contribution is 7.13. The van der Waals surface area contributed by atoms with Crippen LogP contribution in [-0.2, 0) is 11.3 Å². The number of nitrogens with zero attached hydrogens (tertiary/aromatic N) is 1. The summed E-state index contributed by atoms with van der Waals surface area (Å²) in [6.45, 7) is 5.77. The quantitative estimate of drug-likeness (QED) is 0.712. The molecule has 1 N–H and O–H groups in total. The van der Waals surface area contributed by atoms with Crippen molar-refractivity contribution in [2.45, 2.75) is 26.3 Å². The molecule has 6 heteroatoms. The summed E-state index contributed by atoms with van der Waals surface area (Å²) in [7, 11) is 0. The van der Waals surface area contributed by atoms with Crippen LogP contribution in [0.1, 0.15) is 25.5 Å². The minimum absolute atomic E-state index is 0.301. The van der Waals surface area contributed by atoms with Crippen LogP contribution in [0.3, 0.4) is 0 Å². The third-order valence-corrected chi connectivity index (χ3v) is 4.51. The van der Waals surface area contributed by atoms with Crippen molar-refractivity contribution in [2.75, 3.05) is 26.6 Å². The van der Waals surface area contributed by atoms with Crippen LogP contribution < -0.4 is 14.8 Å². The minimum atomic E-state index is 0.301. The van der Waals surface area contributed by atoms with Crippen molar-refractivity contribution < 1.29 is 14.2 Å². The van der Waals surface area contributed by atoms with Crippen LogP contribution >= 0.6 is 11.3 Å². The van der Waals surface area contributed by atoms with Gasteiger partial charge >= 0.3 is 0 Å². The highest BCUT2D eigenvalue weighted by Crippen LogP contribution is 2.36. The second kappa shape index (κ2) is 8.29. The second-order valence-electron chi connectivity index (χ2n) is 5.29. The lowest BCUT2D eigenvalue weighted by Gasteiger charge is -2.03. The van der Waals surface area contributed by atoms with Crippen molar-refractivity contribution >= 4 is 11.3 Å². The Morgan fingerprint density at radius 1 is 1.26 bits per heavy atom. The Balaban J connectivity index is 1.47. The summed E-state index contributed by atoms with van der Waals surface area (Å²) < 4.78 is 16.1. The van der Waals surface area contributed by atoms with Crippen LogP contribution in [0.5, 0.6) is 11.5 Å². The Morgan fingerprint density at radius 2 is 2.17 bits per heavy atom. The molecule has 0 spiro atoms. The van der Waals surface area contributed by atoms with Crippen molar-refractivity contribution in [2.24, 2.45) is 0 Å². The van der Waals surface area contributed by atoms with Gasteiger partial charge in [-0.2, -0.15) is 0 Å². The number of thiazole rings is 1. The summed E-state index contributed by atoms with van der Waals surface area (Å²) in [6, 6.07) is 5.96. The van der Waals surface area contributed by atoms with Crippen molar-refractivity contribution in [3.05, 3.63) is 29.3 Å². The van der Waals surface area contributed by atoms with Gasteiger partial charge in [-0.3, -0.25) is 0 Å². The van der Waals surface area contributed by atoms with Crippen LogP contribution in [0.2, 0.25) is 0 Å². The maximum absolute atomic E-state index is 5.42. The van der Waals surface area contributed by atoms with E-state index in [2.05, 4.69) is 15.7 Å². The van der Waals surface area contributed by atoms with E-state index in [0.29, 0.717) is 6.79 Å². The van der Waals surface area contributed by atoms with Crippen LogP contribution in [-0.4, -0.2) is 31.5 Å². The standard InChI is InChI=1S/C17H22N2O3S/c1-2-20-8-4-3-7-18-10-14-11-23-17(19-14)13-5-6-15-16(9-13)22-12-21-15/h5-6,9,11,18H,2-4,7-8,10,12H2,1H3. The smallest absolute Gasteiger partial charge is 0.231 e. The van der Waals surface area contributed by atoms with Crippen molar-refractivity contribution in [3.63, 3.8) is 0 Å². The lowest BCUT2D eigenvalue weighted by Crippen LogP contribution is -2.15. The van der Waals surface area contributed by atoms with Crippen LogP contribution in [0.25, 0.3) is 10.6 Å². The number of ether oxygens (including phenoxy) is 3. The van der Waals surface area contributed by atoms with Gasteiger partial charge in [0.15, 0.2) is 11.5 Å². The predicted molar refractivity (Wildman–Crippen MR) is 91.1 cm³/mol. The molecule has 23 heavy (non-hydrogen) atoms. The molecule has 1 aliphatic heterocycles. The second-order valence-corrected chi connectivity index (χ2v) is 6.15. The van der Waals surface area contributed by atoms with E-state index in [4.69, 9.17) is 14.2 Å². The van der Waals surface area contributed by atoms with Gasteiger partial charge < -0.3 is 19.5 Å². The molecule has 0 radical (unpaired) electrons. The van der Waals surface area contributed by atoms with Gasteiger partial charge in [0.2, 0.25) is 6.79 Å². The molecule has 0 unspecified atom stereocenters. The SMILES string of the molecule is CCOCCCCNCc1csc(-c2ccc3c(c2)OCO3)n1. The fourth-order valence-electron chi connectivity index (χ4n) is 2.37. The van der Waals surface area contributed by atoms with Crippen molar-refractivity contribution in [3.8, 4) is 22.1 Å². The molecule has 0 bridgehead atoms. The number of hydrogen-bond acceptors (Lipinski definition) is 6. The molecule has 1 aromatic carbocycles. The average Bonchev–Trinajstić information content (AvgIpc) is 3.22. The molecule has 5 nitrogen and oxygen atoms in total. The first-order valence-electron chi connectivity index (χ1n) is 7.99. The molecule has 1 aliphatic rings. The van der Waals surface area contributed by atoms with Gasteiger partial charge in [0.25, 0.3) is 0 Å². The maximum atomic E-state index is 5.42. The molecular weight excluding hydrogens is 312 g/mol. The molecule has 3 rings (SSSR count). The molecule has 0 amide bonds. The molecule has 0 saturated carbocycles. The van der Waals surface area contributed by atoms with E-state index >= 15 is 0 Å². The molecular formula is C17H22N2O3S. The van der Waals surface area contributed by atoms with Gasteiger partial charge in [0, 0.05) is 30.7 Å². The molecule has 0 atom stereocenters. The van der Waals surface area contributed by atoms with Crippen LogP contribution in [0.15, 0.2) is 23.6 Å². The average molecular weight is 334 g/mol. The zero-order valence-electron chi connectivity index (χ0n) is 13.3. The van der Waals surface area contributed by atoms with Crippen molar-refractivity contribution in [1.82, 2.24) is 10.3 Å². The Morgan fingerprint density at radius 3 is 3.09 bits per heavy atom. The van der Waals surface area contributed by atoms with E-state index in [1.165, 1.54) is 0 Å². The molecule has 0 aliphatic carbocycles. The van der Waals surface area contributed by atoms with E-state index in [0.717, 1.165) is 66.9 Å². The summed E-state index contributed by atoms with van der Waals surface area (Å²) in [5.41, 5.74) is 2.15. The predicted octanol–water partition coefficient (Wildman–Crippen LogP) is 3.45. The normalized spacial score (nSPS) is 12.7. The summed E-state index contributed by atoms with van der Waals surface area (Å²) in [6.07, 6.45) is 2.22. The summed E-state index contributed by atoms with van der Waals surface area (Å²) in [5, 5.41) is 6.54. The monoisotopic (exact) mass is 334 g/mol. The third kappa shape index (κ3) is 4.43. The number of rotatable bonds is 9. The maximum Gasteiger partial charge on any atom is 0.231 e.